The third-order valence-electron chi connectivity index (χ3n) is 8.91. The topological polar surface area (TPSA) is 109 Å². The largest absolute Gasteiger partial charge is 0.365 e. The molecule has 44 heavy (non-hydrogen) atoms. The van der Waals surface area contributed by atoms with Crippen LogP contribution in [-0.2, 0) is 34.5 Å². The monoisotopic (exact) mass is 630 g/mol. The summed E-state index contributed by atoms with van der Waals surface area (Å²) in [5.74, 6) is -3.20. The number of aromatic nitrogens is 3. The fourth-order valence-electron chi connectivity index (χ4n) is 6.56. The third kappa shape index (κ3) is 6.39. The third-order valence-corrected chi connectivity index (χ3v) is 10.3. The lowest BCUT2D eigenvalue weighted by Gasteiger charge is -2.41. The van der Waals surface area contributed by atoms with Gasteiger partial charge in [0.15, 0.2) is 0 Å². The average Bonchev–Trinajstić information content (AvgIpc) is 2.96. The van der Waals surface area contributed by atoms with Crippen LogP contribution in [0.25, 0.3) is 10.9 Å². The Balaban J connectivity index is 1.42. The van der Waals surface area contributed by atoms with Crippen LogP contribution >= 0.6 is 0 Å². The summed E-state index contributed by atoms with van der Waals surface area (Å²) >= 11 is 0. The van der Waals surface area contributed by atoms with Crippen LogP contribution in [0.5, 0.6) is 0 Å². The molecule has 4 aliphatic rings. The van der Waals surface area contributed by atoms with Gasteiger partial charge in [0, 0.05) is 72.7 Å². The maximum absolute atomic E-state index is 15.6. The highest BCUT2D eigenvalue weighted by atomic mass is 32.2. The molecule has 236 valence electrons. The van der Waals surface area contributed by atoms with Gasteiger partial charge >= 0.3 is 0 Å². The number of aryl methyl sites for hydroxylation is 1. The molecule has 0 radical (unpaired) electrons. The summed E-state index contributed by atoms with van der Waals surface area (Å²) in [6.07, 6.45) is 3.63. The Labute approximate surface area is 256 Å². The normalized spacial score (nSPS) is 26.2. The minimum Gasteiger partial charge on any atom is -0.365 e. The number of pyridine rings is 1. The van der Waals surface area contributed by atoms with Gasteiger partial charge in [-0.1, -0.05) is 18.2 Å². The lowest BCUT2D eigenvalue weighted by atomic mass is 9.89. The quantitative estimate of drug-likeness (QED) is 0.421. The molecule has 8 bridgehead atoms. The summed E-state index contributed by atoms with van der Waals surface area (Å²) in [4.78, 5) is 38.1. The molecule has 7 rings (SSSR count). The van der Waals surface area contributed by atoms with Crippen molar-refractivity contribution in [3.05, 3.63) is 63.1 Å². The molecule has 2 N–H and O–H groups in total. The number of nitrogens with zero attached hydrogens (tertiary/aromatic N) is 4. The van der Waals surface area contributed by atoms with Crippen LogP contribution in [0.4, 0.5) is 19.0 Å². The van der Waals surface area contributed by atoms with Crippen molar-refractivity contribution in [2.75, 3.05) is 43.0 Å². The minimum absolute atomic E-state index is 0.0652. The molecule has 0 aliphatic carbocycles. The number of anilines is 1. The van der Waals surface area contributed by atoms with Crippen LogP contribution in [0.3, 0.4) is 0 Å². The number of amides is 1. The van der Waals surface area contributed by atoms with Crippen LogP contribution in [0.1, 0.15) is 60.7 Å². The van der Waals surface area contributed by atoms with Crippen molar-refractivity contribution in [3.8, 4) is 0 Å². The fraction of sp³-hybridized carbons (Fsp3) is 0.548. The summed E-state index contributed by atoms with van der Waals surface area (Å²) in [5.41, 5.74) is -0.336. The Bertz CT molecular complexity index is 1650. The van der Waals surface area contributed by atoms with E-state index in [2.05, 4.69) is 25.5 Å². The van der Waals surface area contributed by atoms with Crippen molar-refractivity contribution in [2.45, 2.75) is 64.0 Å². The Morgan fingerprint density at radius 1 is 1.07 bits per heavy atom. The molecular weight excluding hydrogens is 593 g/mol. The average molecular weight is 631 g/mol. The molecule has 3 aromatic rings. The molecule has 2 fully saturated rings. The summed E-state index contributed by atoms with van der Waals surface area (Å²) in [7, 11) is -0.937. The van der Waals surface area contributed by atoms with E-state index in [0.29, 0.717) is 72.9 Å². The maximum atomic E-state index is 15.6. The molecule has 2 aromatic heterocycles. The number of fused-ring (bicyclic) bond motifs is 8. The molecule has 1 amide bonds. The van der Waals surface area contributed by atoms with Crippen LogP contribution < -0.4 is 16.2 Å². The molecule has 0 atom stereocenters. The zero-order chi connectivity index (χ0) is 31.0. The van der Waals surface area contributed by atoms with Crippen LogP contribution in [0.15, 0.2) is 29.2 Å². The highest BCUT2D eigenvalue weighted by Crippen LogP contribution is 2.39. The first-order valence-electron chi connectivity index (χ1n) is 15.2. The lowest BCUT2D eigenvalue weighted by Crippen LogP contribution is -2.48. The molecule has 4 aliphatic heterocycles. The number of carbonyl (C=O) groups is 1. The van der Waals surface area contributed by atoms with Gasteiger partial charge in [0.05, 0.1) is 28.5 Å². The van der Waals surface area contributed by atoms with Gasteiger partial charge < -0.3 is 20.1 Å². The van der Waals surface area contributed by atoms with E-state index in [1.165, 1.54) is 12.1 Å². The van der Waals surface area contributed by atoms with Gasteiger partial charge in [0.2, 0.25) is 5.91 Å². The number of halogens is 3. The van der Waals surface area contributed by atoms with Gasteiger partial charge in [-0.2, -0.15) is 0 Å². The van der Waals surface area contributed by atoms with E-state index in [1.54, 1.807) is 17.7 Å². The van der Waals surface area contributed by atoms with E-state index in [4.69, 9.17) is 0 Å². The Kier molecular flexibility index (Phi) is 8.78. The molecule has 6 heterocycles. The SMILES string of the molecule is Cc1nc2c3cn(C4CCS(=O)CC4)c(=O)c(c3n1)CC(=O)NCCCCN1CC(C1)CC(F)(F)c1cccc(c1F)CN2. The van der Waals surface area contributed by atoms with Crippen molar-refractivity contribution in [2.24, 2.45) is 5.92 Å². The van der Waals surface area contributed by atoms with Gasteiger partial charge in [0.25, 0.3) is 11.5 Å². The maximum Gasteiger partial charge on any atom is 0.276 e. The molecule has 0 spiro atoms. The molecule has 1 aromatic carbocycles. The highest BCUT2D eigenvalue weighted by Gasteiger charge is 2.41. The van der Waals surface area contributed by atoms with Crippen LogP contribution in [0, 0.1) is 18.7 Å². The van der Waals surface area contributed by atoms with Gasteiger partial charge in [-0.25, -0.2) is 23.1 Å². The Hall–Kier alpha value is -3.32. The van der Waals surface area contributed by atoms with E-state index < -0.39 is 34.5 Å². The van der Waals surface area contributed by atoms with Crippen molar-refractivity contribution in [1.82, 2.24) is 24.8 Å². The number of nitrogens with one attached hydrogen (secondary N) is 2. The molecular formula is C31H37F3N6O3S. The second-order valence-corrected chi connectivity index (χ2v) is 13.9. The number of hydrogen-bond acceptors (Lipinski definition) is 7. The Morgan fingerprint density at radius 3 is 2.61 bits per heavy atom. The van der Waals surface area contributed by atoms with E-state index in [9.17, 15) is 13.8 Å². The summed E-state index contributed by atoms with van der Waals surface area (Å²) < 4.78 is 59.9. The predicted octanol–water partition coefficient (Wildman–Crippen LogP) is 3.80. The fourth-order valence-corrected chi connectivity index (χ4v) is 7.84. The lowest BCUT2D eigenvalue weighted by molar-refractivity contribution is -0.120. The molecule has 0 saturated carbocycles. The first kappa shape index (κ1) is 30.7. The second kappa shape index (κ2) is 12.6. The zero-order valence-corrected chi connectivity index (χ0v) is 25.5. The first-order valence-corrected chi connectivity index (χ1v) is 16.7. The summed E-state index contributed by atoms with van der Waals surface area (Å²) in [6.45, 7) is 3.75. The first-order chi connectivity index (χ1) is 21.1. The summed E-state index contributed by atoms with van der Waals surface area (Å²) in [6, 6.07) is 3.84. The van der Waals surface area contributed by atoms with Crippen molar-refractivity contribution in [1.29, 1.82) is 0 Å². The minimum atomic E-state index is -3.31. The smallest absolute Gasteiger partial charge is 0.276 e. The van der Waals surface area contributed by atoms with Crippen molar-refractivity contribution >= 4 is 33.4 Å². The molecule has 13 heteroatoms. The number of alkyl halides is 2. The molecule has 2 saturated heterocycles. The van der Waals surface area contributed by atoms with E-state index in [-0.39, 0.29) is 47.5 Å². The number of rotatable bonds is 1. The molecule has 9 nitrogen and oxygen atoms in total. The van der Waals surface area contributed by atoms with E-state index >= 15 is 13.2 Å². The number of hydrogen-bond donors (Lipinski definition) is 2. The predicted molar refractivity (Wildman–Crippen MR) is 163 cm³/mol. The molecule has 0 unspecified atom stereocenters. The van der Waals surface area contributed by atoms with E-state index in [1.807, 2.05) is 0 Å². The van der Waals surface area contributed by atoms with Crippen LogP contribution in [0.2, 0.25) is 0 Å². The van der Waals surface area contributed by atoms with Crippen LogP contribution in [-0.4, -0.2) is 67.2 Å². The summed E-state index contributed by atoms with van der Waals surface area (Å²) in [5, 5.41) is 6.48. The number of benzene rings is 1. The van der Waals surface area contributed by atoms with E-state index in [0.717, 1.165) is 19.0 Å². The van der Waals surface area contributed by atoms with Crippen molar-refractivity contribution < 1.29 is 22.2 Å². The standard InChI is InChI=1S/C31H37F3N6O3S/c1-19-37-28-23-13-26(41)35-9-2-3-10-39-16-20(17-39)14-31(33,34)25-6-4-5-21(27(25)32)15-36-29(38-19)24(28)18-40(30(23)42)22-7-11-44(43)12-8-22/h4-6,18,20,22H,2-3,7-17H2,1H3,(H,35,41)(H,36,37,38). The van der Waals surface area contributed by atoms with Gasteiger partial charge in [-0.15, -0.1) is 0 Å². The van der Waals surface area contributed by atoms with Crippen molar-refractivity contribution in [3.63, 3.8) is 0 Å². The number of carbonyl (C=O) groups excluding carboxylic acids is 1. The van der Waals surface area contributed by atoms with Gasteiger partial charge in [-0.3, -0.25) is 13.8 Å². The van der Waals surface area contributed by atoms with Gasteiger partial charge in [0.1, 0.15) is 17.5 Å². The van der Waals surface area contributed by atoms with Gasteiger partial charge in [-0.05, 0) is 45.1 Å². The highest BCUT2D eigenvalue weighted by molar-refractivity contribution is 7.85. The Morgan fingerprint density at radius 2 is 1.84 bits per heavy atom. The zero-order valence-electron chi connectivity index (χ0n) is 24.7. The second-order valence-electron chi connectivity index (χ2n) is 12.2.